The van der Waals surface area contributed by atoms with Gasteiger partial charge < -0.3 is 5.32 Å². The largest absolute Gasteiger partial charge is 0.348 e. The van der Waals surface area contributed by atoms with Gasteiger partial charge in [-0.2, -0.15) is 0 Å². The minimum Gasteiger partial charge on any atom is -0.348 e. The van der Waals surface area contributed by atoms with E-state index >= 15 is 0 Å². The average molecular weight is 314 g/mol. The molecule has 0 bridgehead atoms. The molecule has 2 aromatic heterocycles. The molecule has 1 N–H and O–H groups in total. The van der Waals surface area contributed by atoms with Gasteiger partial charge in [0, 0.05) is 22.8 Å². The summed E-state index contributed by atoms with van der Waals surface area (Å²) in [5.41, 5.74) is 2.83. The topological polar surface area (TPSA) is 46.4 Å². The van der Waals surface area contributed by atoms with Crippen LogP contribution in [0.4, 0.5) is 0 Å². The number of carbonyl (C=O) groups is 1. The molecule has 0 aliphatic rings. The predicted molar refractivity (Wildman–Crippen MR) is 88.2 cm³/mol. The van der Waals surface area contributed by atoms with Crippen LogP contribution in [0.15, 0.2) is 48.7 Å². The van der Waals surface area contributed by atoms with Crippen molar-refractivity contribution in [2.24, 2.45) is 0 Å². The number of fused-ring (bicyclic) bond motifs is 1. The van der Waals surface area contributed by atoms with Gasteiger partial charge in [-0.15, -0.1) is 0 Å². The average Bonchev–Trinajstić information content (AvgIpc) is 2.87. The van der Waals surface area contributed by atoms with Gasteiger partial charge >= 0.3 is 0 Å². The van der Waals surface area contributed by atoms with Crippen LogP contribution in [0, 0.1) is 0 Å². The zero-order valence-corrected chi connectivity index (χ0v) is 13.1. The van der Waals surface area contributed by atoms with E-state index in [0.717, 1.165) is 16.9 Å². The van der Waals surface area contributed by atoms with Gasteiger partial charge in [-0.05, 0) is 38.1 Å². The maximum atomic E-state index is 12.5. The highest BCUT2D eigenvalue weighted by Gasteiger charge is 2.20. The smallest absolute Gasteiger partial charge is 0.272 e. The SMILES string of the molecule is CC(C)NC(=O)c1nc2ccccn2c1-c1ccc(Cl)cc1. The third-order valence-corrected chi connectivity index (χ3v) is 3.53. The summed E-state index contributed by atoms with van der Waals surface area (Å²) >= 11 is 5.96. The second-order valence-corrected chi connectivity index (χ2v) is 5.81. The Bertz CT molecular complexity index is 822. The maximum absolute atomic E-state index is 12.5. The van der Waals surface area contributed by atoms with Crippen molar-refractivity contribution in [1.82, 2.24) is 14.7 Å². The van der Waals surface area contributed by atoms with Crippen LogP contribution in [-0.2, 0) is 0 Å². The van der Waals surface area contributed by atoms with Crippen LogP contribution in [0.5, 0.6) is 0 Å². The standard InChI is InChI=1S/C17H16ClN3O/c1-11(2)19-17(22)15-16(12-6-8-13(18)9-7-12)21-10-4-3-5-14(21)20-15/h3-11H,1-2H3,(H,19,22). The molecule has 1 amide bonds. The summed E-state index contributed by atoms with van der Waals surface area (Å²) in [4.78, 5) is 17.0. The number of nitrogens with one attached hydrogen (secondary N) is 1. The fourth-order valence-electron chi connectivity index (χ4n) is 2.37. The molecule has 0 spiro atoms. The lowest BCUT2D eigenvalue weighted by atomic mass is 10.1. The molecule has 5 heteroatoms. The van der Waals surface area contributed by atoms with Crippen LogP contribution >= 0.6 is 11.6 Å². The van der Waals surface area contributed by atoms with Gasteiger partial charge in [0.05, 0.1) is 5.69 Å². The zero-order chi connectivity index (χ0) is 15.7. The number of amides is 1. The van der Waals surface area contributed by atoms with Gasteiger partial charge in [0.1, 0.15) is 5.65 Å². The Morgan fingerprint density at radius 2 is 1.91 bits per heavy atom. The van der Waals surface area contributed by atoms with E-state index in [1.807, 2.05) is 66.9 Å². The van der Waals surface area contributed by atoms with Crippen molar-refractivity contribution >= 4 is 23.2 Å². The maximum Gasteiger partial charge on any atom is 0.272 e. The number of aromatic nitrogens is 2. The van der Waals surface area contributed by atoms with Gasteiger partial charge in [-0.3, -0.25) is 9.20 Å². The Labute approximate surface area is 133 Å². The molecule has 3 aromatic rings. The Balaban J connectivity index is 2.21. The molecule has 0 saturated heterocycles. The van der Waals surface area contributed by atoms with Crippen LogP contribution in [0.1, 0.15) is 24.3 Å². The summed E-state index contributed by atoms with van der Waals surface area (Å²) in [7, 11) is 0. The van der Waals surface area contributed by atoms with Crippen LogP contribution in [0.25, 0.3) is 16.9 Å². The number of imidazole rings is 1. The first-order valence-electron chi connectivity index (χ1n) is 7.10. The fourth-order valence-corrected chi connectivity index (χ4v) is 2.49. The summed E-state index contributed by atoms with van der Waals surface area (Å²) in [5, 5.41) is 3.56. The van der Waals surface area contributed by atoms with E-state index in [9.17, 15) is 4.79 Å². The van der Waals surface area contributed by atoms with Crippen molar-refractivity contribution in [3.8, 4) is 11.3 Å². The van der Waals surface area contributed by atoms with E-state index in [1.54, 1.807) is 0 Å². The van der Waals surface area contributed by atoms with Gasteiger partial charge in [-0.1, -0.05) is 29.8 Å². The van der Waals surface area contributed by atoms with Gasteiger partial charge in [0.2, 0.25) is 0 Å². The Kier molecular flexibility index (Phi) is 3.86. The first-order chi connectivity index (χ1) is 10.6. The van der Waals surface area contributed by atoms with E-state index in [0.29, 0.717) is 10.7 Å². The predicted octanol–water partition coefficient (Wildman–Crippen LogP) is 3.79. The molecule has 0 radical (unpaired) electrons. The molecule has 0 fully saturated rings. The van der Waals surface area contributed by atoms with Crippen LogP contribution in [0.2, 0.25) is 5.02 Å². The third-order valence-electron chi connectivity index (χ3n) is 3.28. The van der Waals surface area contributed by atoms with Crippen molar-refractivity contribution in [3.05, 3.63) is 59.4 Å². The van der Waals surface area contributed by atoms with Crippen LogP contribution in [0.3, 0.4) is 0 Å². The van der Waals surface area contributed by atoms with E-state index in [-0.39, 0.29) is 11.9 Å². The molecule has 3 rings (SSSR count). The highest BCUT2D eigenvalue weighted by atomic mass is 35.5. The molecule has 0 aliphatic carbocycles. The molecule has 2 heterocycles. The van der Waals surface area contributed by atoms with Crippen molar-refractivity contribution in [2.45, 2.75) is 19.9 Å². The lowest BCUT2D eigenvalue weighted by Gasteiger charge is -2.09. The summed E-state index contributed by atoms with van der Waals surface area (Å²) in [6.07, 6.45) is 1.90. The third kappa shape index (κ3) is 2.70. The number of carbonyl (C=O) groups excluding carboxylic acids is 1. The van der Waals surface area contributed by atoms with Crippen molar-refractivity contribution in [3.63, 3.8) is 0 Å². The van der Waals surface area contributed by atoms with Crippen molar-refractivity contribution < 1.29 is 4.79 Å². The number of nitrogens with zero attached hydrogens (tertiary/aromatic N) is 2. The van der Waals surface area contributed by atoms with E-state index in [4.69, 9.17) is 11.6 Å². The number of benzene rings is 1. The Hall–Kier alpha value is -2.33. The number of halogens is 1. The summed E-state index contributed by atoms with van der Waals surface area (Å²) in [6.45, 7) is 3.85. The number of hydrogen-bond donors (Lipinski definition) is 1. The van der Waals surface area contributed by atoms with Gasteiger partial charge in [0.15, 0.2) is 5.69 Å². The Morgan fingerprint density at radius 3 is 2.59 bits per heavy atom. The molecule has 0 atom stereocenters. The molecule has 0 saturated carbocycles. The first-order valence-corrected chi connectivity index (χ1v) is 7.48. The zero-order valence-electron chi connectivity index (χ0n) is 12.4. The normalized spacial score (nSPS) is 11.1. The lowest BCUT2D eigenvalue weighted by molar-refractivity contribution is 0.0939. The lowest BCUT2D eigenvalue weighted by Crippen LogP contribution is -2.30. The first kappa shape index (κ1) is 14.6. The second kappa shape index (κ2) is 5.81. The molecular weight excluding hydrogens is 298 g/mol. The number of hydrogen-bond acceptors (Lipinski definition) is 2. The van der Waals surface area contributed by atoms with Gasteiger partial charge in [0.25, 0.3) is 5.91 Å². The molecule has 0 aliphatic heterocycles. The summed E-state index contributed by atoms with van der Waals surface area (Å²) in [6, 6.07) is 13.2. The second-order valence-electron chi connectivity index (χ2n) is 5.37. The highest BCUT2D eigenvalue weighted by Crippen LogP contribution is 2.26. The quantitative estimate of drug-likeness (QED) is 0.799. The minimum atomic E-state index is -0.177. The van der Waals surface area contributed by atoms with E-state index in [2.05, 4.69) is 10.3 Å². The highest BCUT2D eigenvalue weighted by molar-refractivity contribution is 6.30. The Morgan fingerprint density at radius 1 is 1.18 bits per heavy atom. The molecule has 0 unspecified atom stereocenters. The molecule has 1 aromatic carbocycles. The number of pyridine rings is 1. The van der Waals surface area contributed by atoms with E-state index < -0.39 is 0 Å². The van der Waals surface area contributed by atoms with Gasteiger partial charge in [-0.25, -0.2) is 4.98 Å². The summed E-state index contributed by atoms with van der Waals surface area (Å²) in [5.74, 6) is -0.177. The minimum absolute atomic E-state index is 0.0513. The summed E-state index contributed by atoms with van der Waals surface area (Å²) < 4.78 is 1.92. The number of rotatable bonds is 3. The molecule has 4 nitrogen and oxygen atoms in total. The monoisotopic (exact) mass is 313 g/mol. The van der Waals surface area contributed by atoms with Crippen LogP contribution < -0.4 is 5.32 Å². The molecule has 112 valence electrons. The molecular formula is C17H16ClN3O. The van der Waals surface area contributed by atoms with Crippen LogP contribution in [-0.4, -0.2) is 21.3 Å². The molecule has 22 heavy (non-hydrogen) atoms. The van der Waals surface area contributed by atoms with Crippen molar-refractivity contribution in [1.29, 1.82) is 0 Å². The van der Waals surface area contributed by atoms with Crippen molar-refractivity contribution in [2.75, 3.05) is 0 Å². The van der Waals surface area contributed by atoms with E-state index in [1.165, 1.54) is 0 Å². The fraction of sp³-hybridized carbons (Fsp3) is 0.176.